The maximum Gasteiger partial charge on any atom is 0.325 e. The predicted molar refractivity (Wildman–Crippen MR) is 104 cm³/mol. The van der Waals surface area contributed by atoms with Crippen LogP contribution in [-0.2, 0) is 4.57 Å². The van der Waals surface area contributed by atoms with Crippen molar-refractivity contribution in [2.24, 2.45) is 0 Å². The van der Waals surface area contributed by atoms with Gasteiger partial charge in [-0.25, -0.2) is 4.79 Å². The number of rotatable bonds is 16. The summed E-state index contributed by atoms with van der Waals surface area (Å²) < 4.78 is 10.7. The third-order valence-electron chi connectivity index (χ3n) is 3.89. The van der Waals surface area contributed by atoms with Gasteiger partial charge in [0.15, 0.2) is 0 Å². The Morgan fingerprint density at radius 2 is 1.36 bits per heavy atom. The van der Waals surface area contributed by atoms with E-state index in [0.717, 1.165) is 70.8 Å². The highest BCUT2D eigenvalue weighted by Gasteiger charge is 2.10. The van der Waals surface area contributed by atoms with E-state index in [2.05, 4.69) is 29.7 Å². The SMILES string of the molecule is CCCCCNC(=O)NCCCC/C=C\CCCCCCP(=O)(O)O. The van der Waals surface area contributed by atoms with Crippen LogP contribution in [0.25, 0.3) is 0 Å². The molecule has 0 aromatic carbocycles. The molecule has 25 heavy (non-hydrogen) atoms. The summed E-state index contributed by atoms with van der Waals surface area (Å²) in [7, 11) is -3.80. The summed E-state index contributed by atoms with van der Waals surface area (Å²) in [6, 6.07) is -0.0644. The molecule has 0 aromatic rings. The Morgan fingerprint density at radius 1 is 0.840 bits per heavy atom. The number of hydrogen-bond acceptors (Lipinski definition) is 2. The molecule has 0 radical (unpaired) electrons. The van der Waals surface area contributed by atoms with Crippen molar-refractivity contribution in [2.45, 2.75) is 77.6 Å². The van der Waals surface area contributed by atoms with Gasteiger partial charge >= 0.3 is 13.6 Å². The largest absolute Gasteiger partial charge is 0.338 e. The topological polar surface area (TPSA) is 98.7 Å². The molecular weight excluding hydrogens is 339 g/mol. The van der Waals surface area contributed by atoms with Crippen LogP contribution in [0.1, 0.15) is 77.6 Å². The van der Waals surface area contributed by atoms with Crippen molar-refractivity contribution in [1.29, 1.82) is 0 Å². The lowest BCUT2D eigenvalue weighted by Crippen LogP contribution is -2.36. The first-order valence-corrected chi connectivity index (χ1v) is 11.5. The Morgan fingerprint density at radius 3 is 1.92 bits per heavy atom. The van der Waals surface area contributed by atoms with E-state index in [4.69, 9.17) is 9.79 Å². The van der Waals surface area contributed by atoms with Crippen molar-refractivity contribution >= 4 is 13.6 Å². The molecule has 0 bridgehead atoms. The monoisotopic (exact) mass is 376 g/mol. The van der Waals surface area contributed by atoms with Gasteiger partial charge < -0.3 is 20.4 Å². The van der Waals surface area contributed by atoms with Gasteiger partial charge in [-0.05, 0) is 44.9 Å². The Labute approximate surface area is 153 Å². The van der Waals surface area contributed by atoms with E-state index in [0.29, 0.717) is 13.0 Å². The molecule has 0 aliphatic carbocycles. The lowest BCUT2D eigenvalue weighted by atomic mass is 10.1. The second-order valence-electron chi connectivity index (χ2n) is 6.45. The summed E-state index contributed by atoms with van der Waals surface area (Å²) in [5.41, 5.74) is 0. The first kappa shape index (κ1) is 24.2. The Hall–Kier alpha value is -0.840. The quantitative estimate of drug-likeness (QED) is 0.183. The number of hydrogen-bond donors (Lipinski definition) is 4. The average Bonchev–Trinajstić information content (AvgIpc) is 2.55. The molecule has 7 heteroatoms. The fourth-order valence-electron chi connectivity index (χ4n) is 2.40. The van der Waals surface area contributed by atoms with E-state index >= 15 is 0 Å². The molecular formula is C18H37N2O4P. The summed E-state index contributed by atoms with van der Waals surface area (Å²) in [6.45, 7) is 3.61. The van der Waals surface area contributed by atoms with E-state index < -0.39 is 7.60 Å². The summed E-state index contributed by atoms with van der Waals surface area (Å²) in [6.07, 6.45) is 15.4. The van der Waals surface area contributed by atoms with Gasteiger partial charge in [-0.2, -0.15) is 0 Å². The lowest BCUT2D eigenvalue weighted by Gasteiger charge is -2.06. The van der Waals surface area contributed by atoms with Crippen molar-refractivity contribution in [2.75, 3.05) is 19.3 Å². The minimum atomic E-state index is -3.80. The van der Waals surface area contributed by atoms with E-state index in [1.54, 1.807) is 0 Å². The Balaban J connectivity index is 3.27. The van der Waals surface area contributed by atoms with Gasteiger partial charge in [0.2, 0.25) is 0 Å². The standard InChI is InChI=1S/C18H37N2O4P/c1-2-3-12-15-19-18(21)20-16-13-10-8-6-4-5-7-9-11-14-17-25(22,23)24/h4,6H,2-3,5,7-17H2,1H3,(H2,19,20,21)(H2,22,23,24)/b6-4-. The number of nitrogens with one attached hydrogen (secondary N) is 2. The van der Waals surface area contributed by atoms with Gasteiger partial charge in [-0.15, -0.1) is 0 Å². The molecule has 0 saturated heterocycles. The highest BCUT2D eigenvalue weighted by Crippen LogP contribution is 2.35. The van der Waals surface area contributed by atoms with Crippen LogP contribution in [-0.4, -0.2) is 35.1 Å². The van der Waals surface area contributed by atoms with Gasteiger partial charge in [-0.1, -0.05) is 44.8 Å². The van der Waals surface area contributed by atoms with Crippen LogP contribution in [0.5, 0.6) is 0 Å². The molecule has 0 spiro atoms. The fourth-order valence-corrected chi connectivity index (χ4v) is 3.03. The molecule has 0 saturated carbocycles. The molecule has 0 atom stereocenters. The number of unbranched alkanes of at least 4 members (excludes halogenated alkanes) is 8. The zero-order valence-electron chi connectivity index (χ0n) is 15.7. The summed E-state index contributed by atoms with van der Waals surface area (Å²) in [5, 5.41) is 5.73. The average molecular weight is 376 g/mol. The summed E-state index contributed by atoms with van der Waals surface area (Å²) in [4.78, 5) is 28.9. The second kappa shape index (κ2) is 16.6. The number of amides is 2. The maximum atomic E-state index is 11.5. The minimum absolute atomic E-state index is 0.00758. The number of carbonyl (C=O) groups excluding carboxylic acids is 1. The van der Waals surface area contributed by atoms with Gasteiger partial charge in [-0.3, -0.25) is 4.57 Å². The lowest BCUT2D eigenvalue weighted by molar-refractivity contribution is 0.240. The predicted octanol–water partition coefficient (Wildman–Crippen LogP) is 4.33. The number of urea groups is 1. The molecule has 0 aromatic heterocycles. The van der Waals surface area contributed by atoms with Crippen molar-refractivity contribution in [1.82, 2.24) is 10.6 Å². The fraction of sp³-hybridized carbons (Fsp3) is 0.833. The highest BCUT2D eigenvalue weighted by molar-refractivity contribution is 7.51. The second-order valence-corrected chi connectivity index (χ2v) is 8.22. The van der Waals surface area contributed by atoms with Crippen LogP contribution in [0.2, 0.25) is 0 Å². The zero-order chi connectivity index (χ0) is 18.8. The minimum Gasteiger partial charge on any atom is -0.338 e. The van der Waals surface area contributed by atoms with Crippen LogP contribution in [0.3, 0.4) is 0 Å². The first-order chi connectivity index (χ1) is 12.0. The van der Waals surface area contributed by atoms with Gasteiger partial charge in [0.05, 0.1) is 0 Å². The molecule has 2 amide bonds. The highest BCUT2D eigenvalue weighted by atomic mass is 31.2. The van der Waals surface area contributed by atoms with Crippen molar-refractivity contribution in [3.05, 3.63) is 12.2 Å². The number of allylic oxidation sites excluding steroid dienone is 2. The van der Waals surface area contributed by atoms with E-state index in [1.165, 1.54) is 0 Å². The third kappa shape index (κ3) is 21.1. The summed E-state index contributed by atoms with van der Waals surface area (Å²) in [5.74, 6) is 0. The van der Waals surface area contributed by atoms with Gasteiger partial charge in [0.25, 0.3) is 0 Å². The molecule has 0 heterocycles. The molecule has 0 aliphatic rings. The van der Waals surface area contributed by atoms with E-state index in [1.807, 2.05) is 0 Å². The van der Waals surface area contributed by atoms with Crippen molar-refractivity contribution < 1.29 is 19.1 Å². The zero-order valence-corrected chi connectivity index (χ0v) is 16.6. The summed E-state index contributed by atoms with van der Waals surface area (Å²) >= 11 is 0. The van der Waals surface area contributed by atoms with E-state index in [-0.39, 0.29) is 12.2 Å². The Bertz CT molecular complexity index is 397. The van der Waals surface area contributed by atoms with Crippen LogP contribution in [0, 0.1) is 0 Å². The molecule has 0 unspecified atom stereocenters. The van der Waals surface area contributed by atoms with Crippen LogP contribution in [0.15, 0.2) is 12.2 Å². The maximum absolute atomic E-state index is 11.5. The molecule has 148 valence electrons. The Kier molecular flexibility index (Phi) is 16.1. The van der Waals surface area contributed by atoms with Crippen molar-refractivity contribution in [3.63, 3.8) is 0 Å². The smallest absolute Gasteiger partial charge is 0.325 e. The normalized spacial score (nSPS) is 11.8. The number of carbonyl (C=O) groups is 1. The molecule has 0 fully saturated rings. The van der Waals surface area contributed by atoms with E-state index in [9.17, 15) is 9.36 Å². The molecule has 0 aliphatic heterocycles. The van der Waals surface area contributed by atoms with Crippen molar-refractivity contribution in [3.8, 4) is 0 Å². The first-order valence-electron chi connectivity index (χ1n) is 9.67. The molecule has 0 rings (SSSR count). The van der Waals surface area contributed by atoms with Crippen LogP contribution >= 0.6 is 7.60 Å². The van der Waals surface area contributed by atoms with Crippen LogP contribution in [0.4, 0.5) is 4.79 Å². The van der Waals surface area contributed by atoms with Gasteiger partial charge in [0, 0.05) is 19.3 Å². The molecule has 4 N–H and O–H groups in total. The van der Waals surface area contributed by atoms with Crippen LogP contribution < -0.4 is 10.6 Å². The van der Waals surface area contributed by atoms with Gasteiger partial charge in [0.1, 0.15) is 0 Å². The third-order valence-corrected chi connectivity index (χ3v) is 4.78. The molecule has 6 nitrogen and oxygen atoms in total.